The number of benzene rings is 1. The van der Waals surface area contributed by atoms with Crippen molar-refractivity contribution in [1.82, 2.24) is 5.32 Å². The Morgan fingerprint density at radius 3 is 2.28 bits per heavy atom. The molecule has 1 atom stereocenters. The molecule has 0 aliphatic rings. The molecule has 2 N–H and O–H groups in total. The Labute approximate surface area is 116 Å². The predicted molar refractivity (Wildman–Crippen MR) is 72.4 cm³/mol. The van der Waals surface area contributed by atoms with Gasteiger partial charge in [-0.15, -0.1) is 0 Å². The third-order valence-electron chi connectivity index (χ3n) is 2.27. The van der Waals surface area contributed by atoms with Gasteiger partial charge in [0.25, 0.3) is 0 Å². The van der Waals surface area contributed by atoms with Gasteiger partial charge in [0, 0.05) is 6.54 Å². The standard InChI is InChI=1S/C10H13Cl2FN2O2S/c1-6(5-14-2)18(16,17)15-10-8(11)3-7(13)4-9(10)12/h3-4,6,14-15H,5H2,1-2H3. The van der Waals surface area contributed by atoms with Gasteiger partial charge in [-0.3, -0.25) is 4.72 Å². The maximum Gasteiger partial charge on any atom is 0.236 e. The molecule has 0 bridgehead atoms. The summed E-state index contributed by atoms with van der Waals surface area (Å²) in [6.45, 7) is 1.80. The van der Waals surface area contributed by atoms with Gasteiger partial charge in [0.2, 0.25) is 10.0 Å². The van der Waals surface area contributed by atoms with E-state index in [2.05, 4.69) is 10.0 Å². The lowest BCUT2D eigenvalue weighted by Crippen LogP contribution is -2.33. The smallest absolute Gasteiger partial charge is 0.236 e. The van der Waals surface area contributed by atoms with Crippen LogP contribution in [0, 0.1) is 5.82 Å². The highest BCUT2D eigenvalue weighted by molar-refractivity contribution is 7.93. The van der Waals surface area contributed by atoms with Crippen LogP contribution < -0.4 is 10.0 Å². The van der Waals surface area contributed by atoms with Crippen LogP contribution in [0.3, 0.4) is 0 Å². The minimum Gasteiger partial charge on any atom is -0.318 e. The lowest BCUT2D eigenvalue weighted by Gasteiger charge is -2.16. The number of rotatable bonds is 5. The highest BCUT2D eigenvalue weighted by Gasteiger charge is 2.22. The van der Waals surface area contributed by atoms with Crippen LogP contribution in [0.2, 0.25) is 10.0 Å². The van der Waals surface area contributed by atoms with Crippen LogP contribution in [0.25, 0.3) is 0 Å². The first-order valence-electron chi connectivity index (χ1n) is 5.08. The van der Waals surface area contributed by atoms with Gasteiger partial charge in [-0.2, -0.15) is 0 Å². The molecule has 0 radical (unpaired) electrons. The van der Waals surface area contributed by atoms with Crippen LogP contribution in [-0.2, 0) is 10.0 Å². The largest absolute Gasteiger partial charge is 0.318 e. The summed E-state index contributed by atoms with van der Waals surface area (Å²) in [5.41, 5.74) is -0.0114. The first kappa shape index (κ1) is 15.5. The molecule has 0 fully saturated rings. The fraction of sp³-hybridized carbons (Fsp3) is 0.400. The van der Waals surface area contributed by atoms with Crippen LogP contribution in [0.1, 0.15) is 6.92 Å². The molecular formula is C10H13Cl2FN2O2S. The van der Waals surface area contributed by atoms with E-state index in [4.69, 9.17) is 23.2 Å². The SMILES string of the molecule is CNCC(C)S(=O)(=O)Nc1c(Cl)cc(F)cc1Cl. The molecule has 1 unspecified atom stereocenters. The van der Waals surface area contributed by atoms with Crippen molar-refractivity contribution in [3.05, 3.63) is 28.0 Å². The van der Waals surface area contributed by atoms with E-state index in [-0.39, 0.29) is 22.3 Å². The van der Waals surface area contributed by atoms with E-state index >= 15 is 0 Å². The summed E-state index contributed by atoms with van der Waals surface area (Å²) in [6.07, 6.45) is 0. The molecule has 0 aliphatic heterocycles. The number of nitrogens with one attached hydrogen (secondary N) is 2. The molecule has 0 amide bonds. The van der Waals surface area contributed by atoms with E-state index in [1.807, 2.05) is 0 Å². The van der Waals surface area contributed by atoms with Crippen molar-refractivity contribution >= 4 is 38.9 Å². The number of hydrogen-bond acceptors (Lipinski definition) is 3. The van der Waals surface area contributed by atoms with Gasteiger partial charge in [0.15, 0.2) is 0 Å². The highest BCUT2D eigenvalue weighted by Crippen LogP contribution is 2.32. The predicted octanol–water partition coefficient (Wildman–Crippen LogP) is 2.48. The quantitative estimate of drug-likeness (QED) is 0.878. The summed E-state index contributed by atoms with van der Waals surface area (Å²) in [5, 5.41) is 1.91. The van der Waals surface area contributed by atoms with Crippen molar-refractivity contribution in [1.29, 1.82) is 0 Å². The van der Waals surface area contributed by atoms with Crippen molar-refractivity contribution in [2.24, 2.45) is 0 Å². The van der Waals surface area contributed by atoms with Crippen LogP contribution in [0.5, 0.6) is 0 Å². The molecule has 1 aromatic carbocycles. The summed E-state index contributed by atoms with van der Waals surface area (Å²) in [6, 6.07) is 1.99. The Bertz CT molecular complexity index is 514. The van der Waals surface area contributed by atoms with Crippen molar-refractivity contribution in [3.8, 4) is 0 Å². The summed E-state index contributed by atoms with van der Waals surface area (Å²) in [4.78, 5) is 0. The summed E-state index contributed by atoms with van der Waals surface area (Å²) < 4.78 is 39.1. The van der Waals surface area contributed by atoms with Crippen molar-refractivity contribution < 1.29 is 12.8 Å². The highest BCUT2D eigenvalue weighted by atomic mass is 35.5. The van der Waals surface area contributed by atoms with Crippen LogP contribution >= 0.6 is 23.2 Å². The van der Waals surface area contributed by atoms with E-state index in [9.17, 15) is 12.8 Å². The lowest BCUT2D eigenvalue weighted by molar-refractivity contribution is 0.583. The average molecular weight is 315 g/mol. The summed E-state index contributed by atoms with van der Waals surface area (Å²) in [5.74, 6) is -0.628. The molecule has 102 valence electrons. The van der Waals surface area contributed by atoms with Gasteiger partial charge in [-0.05, 0) is 26.1 Å². The molecule has 0 saturated heterocycles. The molecule has 0 saturated carbocycles. The molecule has 18 heavy (non-hydrogen) atoms. The maximum atomic E-state index is 13.0. The Morgan fingerprint density at radius 1 is 1.33 bits per heavy atom. The van der Waals surface area contributed by atoms with Crippen molar-refractivity contribution in [3.63, 3.8) is 0 Å². The second kappa shape index (κ2) is 6.06. The third-order valence-corrected chi connectivity index (χ3v) is 4.58. The van der Waals surface area contributed by atoms with Crippen LogP contribution in [-0.4, -0.2) is 27.3 Å². The molecular weight excluding hydrogens is 302 g/mol. The number of halogens is 3. The minimum absolute atomic E-state index is 0.0114. The van der Waals surface area contributed by atoms with Gasteiger partial charge in [-0.1, -0.05) is 23.2 Å². The molecule has 1 aromatic rings. The summed E-state index contributed by atoms with van der Waals surface area (Å²) in [7, 11) is -1.99. The zero-order valence-corrected chi connectivity index (χ0v) is 12.1. The molecule has 8 heteroatoms. The van der Waals surface area contributed by atoms with E-state index < -0.39 is 21.1 Å². The summed E-state index contributed by atoms with van der Waals surface area (Å²) >= 11 is 11.5. The molecule has 0 aliphatic carbocycles. The Hall–Kier alpha value is -0.560. The fourth-order valence-electron chi connectivity index (χ4n) is 1.28. The zero-order valence-electron chi connectivity index (χ0n) is 9.80. The lowest BCUT2D eigenvalue weighted by atomic mass is 10.3. The first-order chi connectivity index (χ1) is 8.27. The van der Waals surface area contributed by atoms with Gasteiger partial charge in [0.1, 0.15) is 5.82 Å². The topological polar surface area (TPSA) is 58.2 Å². The third kappa shape index (κ3) is 3.71. The van der Waals surface area contributed by atoms with Gasteiger partial charge in [-0.25, -0.2) is 12.8 Å². The van der Waals surface area contributed by atoms with E-state index in [1.165, 1.54) is 6.92 Å². The molecule has 0 spiro atoms. The Morgan fingerprint density at radius 2 is 1.83 bits per heavy atom. The molecule has 0 aromatic heterocycles. The second-order valence-corrected chi connectivity index (χ2v) is 6.67. The Balaban J connectivity index is 3.05. The average Bonchev–Trinajstić information content (AvgIpc) is 2.23. The number of hydrogen-bond donors (Lipinski definition) is 2. The zero-order chi connectivity index (χ0) is 13.9. The maximum absolute atomic E-state index is 13.0. The van der Waals surface area contributed by atoms with E-state index in [0.717, 1.165) is 12.1 Å². The molecule has 4 nitrogen and oxygen atoms in total. The second-order valence-electron chi connectivity index (χ2n) is 3.76. The number of sulfonamides is 1. The van der Waals surface area contributed by atoms with E-state index in [0.29, 0.717) is 0 Å². The molecule has 1 rings (SSSR count). The first-order valence-corrected chi connectivity index (χ1v) is 7.39. The Kier molecular flexibility index (Phi) is 5.21. The van der Waals surface area contributed by atoms with E-state index in [1.54, 1.807) is 7.05 Å². The van der Waals surface area contributed by atoms with Gasteiger partial charge < -0.3 is 5.32 Å². The van der Waals surface area contributed by atoms with Crippen molar-refractivity contribution in [2.45, 2.75) is 12.2 Å². The molecule has 0 heterocycles. The van der Waals surface area contributed by atoms with Gasteiger partial charge >= 0.3 is 0 Å². The van der Waals surface area contributed by atoms with Crippen molar-refractivity contribution in [2.75, 3.05) is 18.3 Å². The van der Waals surface area contributed by atoms with Crippen LogP contribution in [0.4, 0.5) is 10.1 Å². The number of anilines is 1. The minimum atomic E-state index is -3.64. The van der Waals surface area contributed by atoms with Gasteiger partial charge in [0.05, 0.1) is 21.0 Å². The van der Waals surface area contributed by atoms with Crippen LogP contribution in [0.15, 0.2) is 12.1 Å². The fourth-order valence-corrected chi connectivity index (χ4v) is 3.04. The monoisotopic (exact) mass is 314 g/mol. The normalized spacial score (nSPS) is 13.4.